The Labute approximate surface area is 63.5 Å². The quantitative estimate of drug-likeness (QED) is 0.460. The van der Waals surface area contributed by atoms with Crippen LogP contribution in [0.2, 0.25) is 0 Å². The molecular formula is C9H16O. The molecule has 0 aromatic heterocycles. The lowest BCUT2D eigenvalue weighted by Gasteiger charge is -1.93. The molecule has 1 nitrogen and oxygen atoms in total. The van der Waals surface area contributed by atoms with Crippen LogP contribution >= 0.6 is 0 Å². The van der Waals surface area contributed by atoms with Crippen LogP contribution in [-0.2, 0) is 0 Å². The summed E-state index contributed by atoms with van der Waals surface area (Å²) in [4.78, 5) is 0. The molecule has 0 amide bonds. The number of aliphatic hydroxyl groups excluding tert-OH is 1. The first-order chi connectivity index (χ1) is 4.91. The Morgan fingerprint density at radius 2 is 1.80 bits per heavy atom. The maximum Gasteiger partial charge on any atom is 0.107 e. The summed E-state index contributed by atoms with van der Waals surface area (Å²) in [5.41, 5.74) is 0. The van der Waals surface area contributed by atoms with Gasteiger partial charge in [-0.3, -0.25) is 0 Å². The molecular weight excluding hydrogens is 124 g/mol. The van der Waals surface area contributed by atoms with Gasteiger partial charge in [0, 0.05) is 6.42 Å². The fraction of sp³-hybridized carbons (Fsp3) is 0.778. The lowest BCUT2D eigenvalue weighted by atomic mass is 10.1. The third-order valence-corrected chi connectivity index (χ3v) is 1.48. The van der Waals surface area contributed by atoms with Gasteiger partial charge in [-0.2, -0.15) is 0 Å². The summed E-state index contributed by atoms with van der Waals surface area (Å²) in [6.07, 6.45) is 9.06. The minimum absolute atomic E-state index is 0.847. The number of hydrogen-bond donors (Lipinski definition) is 1. The van der Waals surface area contributed by atoms with Gasteiger partial charge in [0.25, 0.3) is 0 Å². The zero-order valence-corrected chi connectivity index (χ0v) is 6.69. The molecule has 0 spiro atoms. The molecule has 0 fully saturated rings. The standard InChI is InChI=1S/C9H16O/c1-2-3-4-5-6-7-8-9-10/h10H,2-7H2,1H3. The fourth-order valence-electron chi connectivity index (χ4n) is 0.873. The van der Waals surface area contributed by atoms with Crippen LogP contribution in [0.4, 0.5) is 0 Å². The van der Waals surface area contributed by atoms with Crippen LogP contribution in [0, 0.1) is 12.0 Å². The van der Waals surface area contributed by atoms with Gasteiger partial charge in [0.15, 0.2) is 0 Å². The Morgan fingerprint density at radius 3 is 2.40 bits per heavy atom. The van der Waals surface area contributed by atoms with Gasteiger partial charge in [-0.15, -0.1) is 0 Å². The molecule has 0 saturated heterocycles. The van der Waals surface area contributed by atoms with Gasteiger partial charge in [0.1, 0.15) is 6.11 Å². The predicted octanol–water partition coefficient (Wildman–Crippen LogP) is 2.68. The first-order valence-corrected chi connectivity index (χ1v) is 4.03. The van der Waals surface area contributed by atoms with E-state index in [2.05, 4.69) is 12.8 Å². The monoisotopic (exact) mass is 140 g/mol. The third-order valence-electron chi connectivity index (χ3n) is 1.48. The molecule has 1 N–H and O–H groups in total. The van der Waals surface area contributed by atoms with Gasteiger partial charge >= 0.3 is 0 Å². The second-order valence-corrected chi connectivity index (χ2v) is 2.45. The lowest BCUT2D eigenvalue weighted by Crippen LogP contribution is -1.75. The van der Waals surface area contributed by atoms with Crippen LogP contribution in [0.25, 0.3) is 0 Å². The highest BCUT2D eigenvalue weighted by Crippen LogP contribution is 2.03. The molecule has 0 aliphatic rings. The van der Waals surface area contributed by atoms with Gasteiger partial charge in [-0.25, -0.2) is 0 Å². The molecule has 0 atom stereocenters. The summed E-state index contributed by atoms with van der Waals surface area (Å²) in [5, 5.41) is 8.11. The molecule has 1 heteroatoms. The summed E-state index contributed by atoms with van der Waals surface area (Å²) in [5.74, 6) is 2.63. The average molecular weight is 140 g/mol. The summed E-state index contributed by atoms with van der Waals surface area (Å²) in [6.45, 7) is 2.20. The van der Waals surface area contributed by atoms with Crippen molar-refractivity contribution < 1.29 is 5.11 Å². The van der Waals surface area contributed by atoms with Crippen molar-refractivity contribution in [1.82, 2.24) is 0 Å². The van der Waals surface area contributed by atoms with Crippen molar-refractivity contribution in [3.8, 4) is 12.0 Å². The van der Waals surface area contributed by atoms with E-state index in [1.165, 1.54) is 25.7 Å². The Balaban J connectivity index is 2.82. The molecule has 0 radical (unpaired) electrons. The van der Waals surface area contributed by atoms with E-state index >= 15 is 0 Å². The van der Waals surface area contributed by atoms with Crippen molar-refractivity contribution in [2.75, 3.05) is 0 Å². The van der Waals surface area contributed by atoms with E-state index in [4.69, 9.17) is 5.11 Å². The van der Waals surface area contributed by atoms with Gasteiger partial charge < -0.3 is 5.11 Å². The molecule has 0 unspecified atom stereocenters. The molecule has 0 aliphatic carbocycles. The Hall–Kier alpha value is -0.640. The fourth-order valence-corrected chi connectivity index (χ4v) is 0.873. The van der Waals surface area contributed by atoms with E-state index in [0.717, 1.165) is 12.8 Å². The lowest BCUT2D eigenvalue weighted by molar-refractivity contribution is 0.515. The second-order valence-electron chi connectivity index (χ2n) is 2.45. The minimum Gasteiger partial charge on any atom is -0.462 e. The molecule has 58 valence electrons. The van der Waals surface area contributed by atoms with Gasteiger partial charge in [0.2, 0.25) is 0 Å². The number of hydrogen-bond acceptors (Lipinski definition) is 1. The zero-order chi connectivity index (χ0) is 7.66. The number of aliphatic hydroxyl groups is 1. The van der Waals surface area contributed by atoms with E-state index < -0.39 is 0 Å². The summed E-state index contributed by atoms with van der Waals surface area (Å²) in [7, 11) is 0. The Kier molecular flexibility index (Phi) is 7.82. The molecule has 0 aliphatic heterocycles. The van der Waals surface area contributed by atoms with Crippen molar-refractivity contribution in [3.05, 3.63) is 0 Å². The summed E-state index contributed by atoms with van der Waals surface area (Å²) < 4.78 is 0. The molecule has 0 saturated carbocycles. The molecule has 10 heavy (non-hydrogen) atoms. The molecule has 0 heterocycles. The van der Waals surface area contributed by atoms with Crippen LogP contribution in [-0.4, -0.2) is 5.11 Å². The first-order valence-electron chi connectivity index (χ1n) is 4.03. The number of rotatable bonds is 5. The highest BCUT2D eigenvalue weighted by molar-refractivity contribution is 4.88. The number of unbranched alkanes of at least 4 members (excludes halogenated alkanes) is 5. The third kappa shape index (κ3) is 7.36. The Morgan fingerprint density at radius 1 is 1.10 bits per heavy atom. The zero-order valence-electron chi connectivity index (χ0n) is 6.69. The SMILES string of the molecule is CCCCCCCC#CO. The molecule has 0 bridgehead atoms. The highest BCUT2D eigenvalue weighted by atomic mass is 16.2. The molecule has 0 aromatic carbocycles. The van der Waals surface area contributed by atoms with E-state index in [1.54, 1.807) is 0 Å². The maximum atomic E-state index is 8.11. The largest absolute Gasteiger partial charge is 0.462 e. The van der Waals surface area contributed by atoms with Gasteiger partial charge in [-0.1, -0.05) is 38.5 Å². The van der Waals surface area contributed by atoms with E-state index in [-0.39, 0.29) is 0 Å². The van der Waals surface area contributed by atoms with Crippen molar-refractivity contribution in [2.45, 2.75) is 45.4 Å². The highest BCUT2D eigenvalue weighted by Gasteiger charge is 1.85. The maximum absolute atomic E-state index is 8.11. The second kappa shape index (κ2) is 8.36. The van der Waals surface area contributed by atoms with E-state index in [9.17, 15) is 0 Å². The molecule has 0 aromatic rings. The van der Waals surface area contributed by atoms with Crippen LogP contribution in [0.1, 0.15) is 45.4 Å². The van der Waals surface area contributed by atoms with Gasteiger partial charge in [-0.05, 0) is 6.42 Å². The summed E-state index contributed by atoms with van der Waals surface area (Å²) in [6, 6.07) is 0. The van der Waals surface area contributed by atoms with Crippen LogP contribution in [0.3, 0.4) is 0 Å². The smallest absolute Gasteiger partial charge is 0.107 e. The topological polar surface area (TPSA) is 20.2 Å². The Bertz CT molecular complexity index is 108. The van der Waals surface area contributed by atoms with Crippen molar-refractivity contribution in [3.63, 3.8) is 0 Å². The minimum atomic E-state index is 0.847. The van der Waals surface area contributed by atoms with Crippen LogP contribution in [0.15, 0.2) is 0 Å². The van der Waals surface area contributed by atoms with E-state index in [1.807, 2.05) is 6.11 Å². The molecule has 0 rings (SSSR count). The van der Waals surface area contributed by atoms with Crippen LogP contribution in [0.5, 0.6) is 0 Å². The summed E-state index contributed by atoms with van der Waals surface area (Å²) >= 11 is 0. The van der Waals surface area contributed by atoms with Crippen molar-refractivity contribution in [2.24, 2.45) is 0 Å². The normalized spacial score (nSPS) is 8.50. The van der Waals surface area contributed by atoms with E-state index in [0.29, 0.717) is 0 Å². The van der Waals surface area contributed by atoms with Gasteiger partial charge in [0.05, 0.1) is 0 Å². The van der Waals surface area contributed by atoms with Crippen LogP contribution < -0.4 is 0 Å². The van der Waals surface area contributed by atoms with Crippen molar-refractivity contribution >= 4 is 0 Å². The van der Waals surface area contributed by atoms with Crippen molar-refractivity contribution in [1.29, 1.82) is 0 Å². The first kappa shape index (κ1) is 9.36. The predicted molar refractivity (Wildman–Crippen MR) is 43.1 cm³/mol. The average Bonchev–Trinajstić information content (AvgIpc) is 1.97.